The van der Waals surface area contributed by atoms with Crippen LogP contribution in [0.15, 0.2) is 0 Å². The summed E-state index contributed by atoms with van der Waals surface area (Å²) in [6, 6.07) is 0. The highest BCUT2D eigenvalue weighted by Crippen LogP contribution is 2.38. The van der Waals surface area contributed by atoms with Crippen molar-refractivity contribution < 1.29 is 4.79 Å². The molecule has 0 N–H and O–H groups in total. The average molecular weight is 288 g/mol. The quantitative estimate of drug-likeness (QED) is 0.576. The van der Waals surface area contributed by atoms with E-state index in [4.69, 9.17) is 0 Å². The van der Waals surface area contributed by atoms with Crippen LogP contribution in [0.3, 0.4) is 0 Å². The highest BCUT2D eigenvalue weighted by atomic mass is 79.9. The SMILES string of the molecule is O=C1CCCN1CC1(CBr)CCCCCC1. The summed E-state index contributed by atoms with van der Waals surface area (Å²) in [6.07, 6.45) is 9.87. The number of amides is 1. The number of alkyl halides is 1. The second kappa shape index (κ2) is 5.52. The standard InChI is InChI=1S/C13H22BrNO/c14-10-13(7-3-1-2-4-8-13)11-15-9-5-6-12(15)16/h1-11H2. The molecule has 2 rings (SSSR count). The summed E-state index contributed by atoms with van der Waals surface area (Å²) < 4.78 is 0. The molecular formula is C13H22BrNO. The van der Waals surface area contributed by atoms with Crippen molar-refractivity contribution in [3.05, 3.63) is 0 Å². The zero-order valence-corrected chi connectivity index (χ0v) is 11.6. The van der Waals surface area contributed by atoms with Crippen LogP contribution in [0.4, 0.5) is 0 Å². The average Bonchev–Trinajstić information content (AvgIpc) is 2.56. The van der Waals surface area contributed by atoms with Crippen LogP contribution in [0, 0.1) is 5.41 Å². The van der Waals surface area contributed by atoms with Gasteiger partial charge in [-0.1, -0.05) is 41.6 Å². The molecule has 0 aromatic heterocycles. The number of hydrogen-bond donors (Lipinski definition) is 0. The van der Waals surface area contributed by atoms with E-state index in [0.29, 0.717) is 11.3 Å². The van der Waals surface area contributed by atoms with Crippen molar-refractivity contribution in [2.24, 2.45) is 5.41 Å². The molecule has 1 aliphatic heterocycles. The van der Waals surface area contributed by atoms with Gasteiger partial charge in [0.05, 0.1) is 0 Å². The maximum Gasteiger partial charge on any atom is 0.222 e. The van der Waals surface area contributed by atoms with Crippen molar-refractivity contribution in [3.8, 4) is 0 Å². The Morgan fingerprint density at radius 2 is 1.81 bits per heavy atom. The first-order valence-corrected chi connectivity index (χ1v) is 7.72. The Labute approximate surface area is 107 Å². The first-order valence-electron chi connectivity index (χ1n) is 6.60. The molecule has 0 aromatic rings. The summed E-state index contributed by atoms with van der Waals surface area (Å²) in [4.78, 5) is 13.8. The molecule has 1 aliphatic carbocycles. The van der Waals surface area contributed by atoms with Crippen LogP contribution in [0.2, 0.25) is 0 Å². The lowest BCUT2D eigenvalue weighted by Gasteiger charge is -2.35. The van der Waals surface area contributed by atoms with E-state index in [-0.39, 0.29) is 0 Å². The van der Waals surface area contributed by atoms with Crippen LogP contribution in [-0.4, -0.2) is 29.2 Å². The third-order valence-corrected chi connectivity index (χ3v) is 5.33. The van der Waals surface area contributed by atoms with Gasteiger partial charge in [0.15, 0.2) is 0 Å². The highest BCUT2D eigenvalue weighted by molar-refractivity contribution is 9.09. The predicted molar refractivity (Wildman–Crippen MR) is 69.7 cm³/mol. The first kappa shape index (κ1) is 12.4. The molecule has 2 fully saturated rings. The fraction of sp³-hybridized carbons (Fsp3) is 0.923. The van der Waals surface area contributed by atoms with E-state index in [2.05, 4.69) is 20.8 Å². The molecule has 0 aromatic carbocycles. The molecular weight excluding hydrogens is 266 g/mol. The molecule has 3 heteroatoms. The van der Waals surface area contributed by atoms with Crippen LogP contribution in [-0.2, 0) is 4.79 Å². The summed E-state index contributed by atoms with van der Waals surface area (Å²) in [7, 11) is 0. The summed E-state index contributed by atoms with van der Waals surface area (Å²) in [5.41, 5.74) is 0.372. The Morgan fingerprint density at radius 1 is 1.12 bits per heavy atom. The van der Waals surface area contributed by atoms with Gasteiger partial charge < -0.3 is 4.90 Å². The summed E-state index contributed by atoms with van der Waals surface area (Å²) >= 11 is 3.69. The fourth-order valence-corrected chi connectivity index (χ4v) is 3.83. The van der Waals surface area contributed by atoms with Crippen molar-refractivity contribution in [1.29, 1.82) is 0 Å². The number of hydrogen-bond acceptors (Lipinski definition) is 1. The van der Waals surface area contributed by atoms with Crippen LogP contribution in [0.25, 0.3) is 0 Å². The second-order valence-electron chi connectivity index (χ2n) is 5.47. The lowest BCUT2D eigenvalue weighted by molar-refractivity contribution is -0.129. The molecule has 92 valence electrons. The van der Waals surface area contributed by atoms with Crippen LogP contribution >= 0.6 is 15.9 Å². The zero-order chi connectivity index (χ0) is 11.4. The Hall–Kier alpha value is -0.0500. The molecule has 0 spiro atoms. The summed E-state index contributed by atoms with van der Waals surface area (Å²) in [5.74, 6) is 0.379. The van der Waals surface area contributed by atoms with E-state index in [1.807, 2.05) is 0 Å². The Morgan fingerprint density at radius 3 is 2.31 bits per heavy atom. The Bertz CT molecular complexity index is 246. The van der Waals surface area contributed by atoms with Crippen molar-refractivity contribution in [3.63, 3.8) is 0 Å². The van der Waals surface area contributed by atoms with Crippen molar-refractivity contribution in [2.75, 3.05) is 18.4 Å². The maximum atomic E-state index is 11.7. The maximum absolute atomic E-state index is 11.7. The van der Waals surface area contributed by atoms with Gasteiger partial charge in [-0.15, -0.1) is 0 Å². The monoisotopic (exact) mass is 287 g/mol. The van der Waals surface area contributed by atoms with Crippen molar-refractivity contribution >= 4 is 21.8 Å². The molecule has 0 unspecified atom stereocenters. The number of carbonyl (C=O) groups excluding carboxylic acids is 1. The van der Waals surface area contributed by atoms with Gasteiger partial charge >= 0.3 is 0 Å². The van der Waals surface area contributed by atoms with E-state index in [1.54, 1.807) is 0 Å². The number of halogens is 1. The van der Waals surface area contributed by atoms with Crippen LogP contribution < -0.4 is 0 Å². The Balaban J connectivity index is 1.99. The number of nitrogens with zero attached hydrogens (tertiary/aromatic N) is 1. The van der Waals surface area contributed by atoms with Gasteiger partial charge in [0.25, 0.3) is 0 Å². The predicted octanol–water partition coefficient (Wildman–Crippen LogP) is 3.34. The lowest BCUT2D eigenvalue weighted by Crippen LogP contribution is -2.39. The number of carbonyl (C=O) groups is 1. The molecule has 0 radical (unpaired) electrons. The van der Waals surface area contributed by atoms with Gasteiger partial charge in [-0.2, -0.15) is 0 Å². The number of likely N-dealkylation sites (tertiary alicyclic amines) is 1. The smallest absolute Gasteiger partial charge is 0.222 e. The minimum absolute atomic E-state index is 0.372. The lowest BCUT2D eigenvalue weighted by atomic mass is 9.82. The van der Waals surface area contributed by atoms with E-state index in [0.717, 1.165) is 31.3 Å². The van der Waals surface area contributed by atoms with Gasteiger partial charge in [-0.25, -0.2) is 0 Å². The largest absolute Gasteiger partial charge is 0.342 e. The first-order chi connectivity index (χ1) is 7.76. The highest BCUT2D eigenvalue weighted by Gasteiger charge is 2.34. The third-order valence-electron chi connectivity index (χ3n) is 4.15. The molecule has 1 heterocycles. The van der Waals surface area contributed by atoms with E-state index in [1.165, 1.54) is 38.5 Å². The molecule has 0 bridgehead atoms. The third kappa shape index (κ3) is 2.79. The zero-order valence-electron chi connectivity index (χ0n) is 10.0. The van der Waals surface area contributed by atoms with E-state index in [9.17, 15) is 4.79 Å². The van der Waals surface area contributed by atoms with E-state index < -0.39 is 0 Å². The van der Waals surface area contributed by atoms with Crippen molar-refractivity contribution in [2.45, 2.75) is 51.4 Å². The molecule has 16 heavy (non-hydrogen) atoms. The minimum Gasteiger partial charge on any atom is -0.342 e. The van der Waals surface area contributed by atoms with Crippen molar-refractivity contribution in [1.82, 2.24) is 4.90 Å². The molecule has 1 amide bonds. The van der Waals surface area contributed by atoms with Crippen LogP contribution in [0.5, 0.6) is 0 Å². The molecule has 1 saturated carbocycles. The van der Waals surface area contributed by atoms with Crippen LogP contribution in [0.1, 0.15) is 51.4 Å². The normalized spacial score (nSPS) is 25.8. The molecule has 1 saturated heterocycles. The fourth-order valence-electron chi connectivity index (χ4n) is 3.09. The minimum atomic E-state index is 0.372. The second-order valence-corrected chi connectivity index (χ2v) is 6.03. The van der Waals surface area contributed by atoms with Gasteiger partial charge in [0, 0.05) is 24.8 Å². The summed E-state index contributed by atoms with van der Waals surface area (Å²) in [6.45, 7) is 1.99. The van der Waals surface area contributed by atoms with Gasteiger partial charge in [-0.05, 0) is 24.7 Å². The van der Waals surface area contributed by atoms with Gasteiger partial charge in [0.2, 0.25) is 5.91 Å². The molecule has 2 nitrogen and oxygen atoms in total. The van der Waals surface area contributed by atoms with Gasteiger partial charge in [-0.3, -0.25) is 4.79 Å². The molecule has 2 aliphatic rings. The number of rotatable bonds is 3. The van der Waals surface area contributed by atoms with E-state index >= 15 is 0 Å². The summed E-state index contributed by atoms with van der Waals surface area (Å²) in [5, 5.41) is 1.06. The van der Waals surface area contributed by atoms with Gasteiger partial charge in [0.1, 0.15) is 0 Å². The topological polar surface area (TPSA) is 20.3 Å². The Kier molecular flexibility index (Phi) is 4.28. The molecule has 0 atom stereocenters.